The van der Waals surface area contributed by atoms with Gasteiger partial charge >= 0.3 is 6.09 Å². The lowest BCUT2D eigenvalue weighted by atomic mass is 10.0. The number of rotatable bonds is 5. The van der Waals surface area contributed by atoms with Crippen molar-refractivity contribution < 1.29 is 9.53 Å². The number of hydrogen-bond acceptors (Lipinski definition) is 5. The Hall–Kier alpha value is -1.63. The first-order valence-electron chi connectivity index (χ1n) is 8.47. The van der Waals surface area contributed by atoms with Crippen LogP contribution < -0.4 is 10.6 Å². The zero-order valence-corrected chi connectivity index (χ0v) is 15.3. The van der Waals surface area contributed by atoms with Gasteiger partial charge in [0.2, 0.25) is 0 Å². The maximum atomic E-state index is 12.1. The molecular formula is C18H20ClN3O2S. The molecule has 5 nitrogen and oxygen atoms in total. The van der Waals surface area contributed by atoms with E-state index in [9.17, 15) is 4.79 Å². The standard InChI is InChI=1S/C18H20ClN3O2S/c19-15-10-25-16(22-15)18(13-6-7-20-8-14(13)18)11-21-17(23)24-9-12-4-2-1-3-5-12/h1-5,10,13-14,20H,6-9,11H2,(H,21,23). The summed E-state index contributed by atoms with van der Waals surface area (Å²) in [5, 5.41) is 9.82. The second-order valence-electron chi connectivity index (χ2n) is 6.64. The van der Waals surface area contributed by atoms with Crippen LogP contribution in [-0.4, -0.2) is 30.7 Å². The SMILES string of the molecule is O=C(NCC1(c2nc(Cl)cs2)C2CCNCC21)OCc1ccccc1. The molecule has 1 aromatic heterocycles. The van der Waals surface area contributed by atoms with Crippen LogP contribution in [0.25, 0.3) is 0 Å². The number of halogens is 1. The minimum Gasteiger partial charge on any atom is -0.445 e. The van der Waals surface area contributed by atoms with Gasteiger partial charge in [-0.25, -0.2) is 9.78 Å². The predicted molar refractivity (Wildman–Crippen MR) is 97.9 cm³/mol. The molecular weight excluding hydrogens is 358 g/mol. The van der Waals surface area contributed by atoms with E-state index in [1.54, 1.807) is 11.3 Å². The smallest absolute Gasteiger partial charge is 0.407 e. The highest BCUT2D eigenvalue weighted by Gasteiger charge is 2.67. The van der Waals surface area contributed by atoms with E-state index < -0.39 is 0 Å². The van der Waals surface area contributed by atoms with Crippen LogP contribution >= 0.6 is 22.9 Å². The molecule has 3 unspecified atom stereocenters. The molecule has 0 bridgehead atoms. The quantitative estimate of drug-likeness (QED) is 0.839. The van der Waals surface area contributed by atoms with Gasteiger partial charge in [0.15, 0.2) is 0 Å². The van der Waals surface area contributed by atoms with Crippen LogP contribution in [0.5, 0.6) is 0 Å². The summed E-state index contributed by atoms with van der Waals surface area (Å²) in [5.41, 5.74) is 0.871. The summed E-state index contributed by atoms with van der Waals surface area (Å²) in [7, 11) is 0. The van der Waals surface area contributed by atoms with E-state index in [2.05, 4.69) is 15.6 Å². The third-order valence-electron chi connectivity index (χ3n) is 5.31. The Bertz CT molecular complexity index is 740. The van der Waals surface area contributed by atoms with Crippen molar-refractivity contribution in [2.75, 3.05) is 19.6 Å². The average Bonchev–Trinajstić information content (AvgIpc) is 3.10. The van der Waals surface area contributed by atoms with Crippen molar-refractivity contribution in [3.63, 3.8) is 0 Å². The van der Waals surface area contributed by atoms with E-state index in [4.69, 9.17) is 16.3 Å². The van der Waals surface area contributed by atoms with Gasteiger partial charge in [0.1, 0.15) is 16.8 Å². The van der Waals surface area contributed by atoms with Crippen LogP contribution in [0.1, 0.15) is 17.0 Å². The minimum atomic E-state index is -0.387. The number of nitrogens with one attached hydrogen (secondary N) is 2. The molecule has 2 aromatic rings. The van der Waals surface area contributed by atoms with Crippen molar-refractivity contribution in [1.82, 2.24) is 15.6 Å². The number of ether oxygens (including phenoxy) is 1. The predicted octanol–water partition coefficient (Wildman–Crippen LogP) is 3.20. The Morgan fingerprint density at radius 1 is 1.40 bits per heavy atom. The number of amides is 1. The van der Waals surface area contributed by atoms with Crippen LogP contribution in [-0.2, 0) is 16.8 Å². The summed E-state index contributed by atoms with van der Waals surface area (Å²) < 4.78 is 5.34. The molecule has 2 N–H and O–H groups in total. The zero-order chi connectivity index (χ0) is 17.3. The number of carbonyl (C=O) groups is 1. The van der Waals surface area contributed by atoms with Crippen LogP contribution in [0.4, 0.5) is 4.79 Å². The number of hydrogen-bond donors (Lipinski definition) is 2. The van der Waals surface area contributed by atoms with Crippen molar-refractivity contribution in [3.8, 4) is 0 Å². The summed E-state index contributed by atoms with van der Waals surface area (Å²) >= 11 is 7.63. The average molecular weight is 378 g/mol. The molecule has 1 amide bonds. The Kier molecular flexibility index (Phi) is 4.67. The monoisotopic (exact) mass is 377 g/mol. The molecule has 1 aliphatic carbocycles. The van der Waals surface area contributed by atoms with Gasteiger partial charge in [-0.2, -0.15) is 0 Å². The van der Waals surface area contributed by atoms with Gasteiger partial charge in [-0.1, -0.05) is 41.9 Å². The van der Waals surface area contributed by atoms with E-state index in [0.29, 0.717) is 23.5 Å². The fourth-order valence-electron chi connectivity index (χ4n) is 4.02. The van der Waals surface area contributed by atoms with Crippen LogP contribution in [0.3, 0.4) is 0 Å². The highest BCUT2D eigenvalue weighted by atomic mass is 35.5. The minimum absolute atomic E-state index is 0.104. The lowest BCUT2D eigenvalue weighted by Crippen LogP contribution is -2.35. The maximum absolute atomic E-state index is 12.1. The highest BCUT2D eigenvalue weighted by Crippen LogP contribution is 2.62. The van der Waals surface area contributed by atoms with Crippen LogP contribution in [0.15, 0.2) is 35.7 Å². The number of nitrogens with zero attached hydrogens (tertiary/aromatic N) is 1. The van der Waals surface area contributed by atoms with E-state index >= 15 is 0 Å². The van der Waals surface area contributed by atoms with Gasteiger partial charge in [-0.05, 0) is 36.9 Å². The first-order chi connectivity index (χ1) is 12.2. The second-order valence-corrected chi connectivity index (χ2v) is 7.88. The van der Waals surface area contributed by atoms with Crippen molar-refractivity contribution >= 4 is 29.0 Å². The summed E-state index contributed by atoms with van der Waals surface area (Å²) in [4.78, 5) is 16.6. The maximum Gasteiger partial charge on any atom is 0.407 e. The summed E-state index contributed by atoms with van der Waals surface area (Å²) in [6.45, 7) is 2.79. The molecule has 2 fully saturated rings. The van der Waals surface area contributed by atoms with Gasteiger partial charge < -0.3 is 15.4 Å². The number of fused-ring (bicyclic) bond motifs is 1. The molecule has 132 valence electrons. The molecule has 1 aromatic carbocycles. The lowest BCUT2D eigenvalue weighted by Gasteiger charge is -2.16. The molecule has 2 heterocycles. The molecule has 3 atom stereocenters. The molecule has 2 aliphatic rings. The first-order valence-corrected chi connectivity index (χ1v) is 9.72. The second kappa shape index (κ2) is 6.94. The Balaban J connectivity index is 1.39. The molecule has 1 saturated carbocycles. The number of carbonyl (C=O) groups excluding carboxylic acids is 1. The van der Waals surface area contributed by atoms with E-state index in [1.807, 2.05) is 35.7 Å². The van der Waals surface area contributed by atoms with Gasteiger partial charge in [-0.3, -0.25) is 0 Å². The van der Waals surface area contributed by atoms with Gasteiger partial charge in [0, 0.05) is 17.3 Å². The van der Waals surface area contributed by atoms with E-state index in [1.165, 1.54) is 0 Å². The van der Waals surface area contributed by atoms with E-state index in [-0.39, 0.29) is 18.1 Å². The number of aromatic nitrogens is 1. The zero-order valence-electron chi connectivity index (χ0n) is 13.7. The first kappa shape index (κ1) is 16.8. The van der Waals surface area contributed by atoms with Crippen molar-refractivity contribution in [1.29, 1.82) is 0 Å². The van der Waals surface area contributed by atoms with Crippen molar-refractivity contribution in [2.24, 2.45) is 11.8 Å². The topological polar surface area (TPSA) is 63.2 Å². The van der Waals surface area contributed by atoms with Gasteiger partial charge in [-0.15, -0.1) is 11.3 Å². The molecule has 1 aliphatic heterocycles. The van der Waals surface area contributed by atoms with Crippen LogP contribution in [0, 0.1) is 11.8 Å². The van der Waals surface area contributed by atoms with Crippen molar-refractivity contribution in [2.45, 2.75) is 18.4 Å². The third kappa shape index (κ3) is 3.26. The largest absolute Gasteiger partial charge is 0.445 e. The van der Waals surface area contributed by atoms with Crippen LogP contribution in [0.2, 0.25) is 5.15 Å². The summed E-state index contributed by atoms with van der Waals surface area (Å²) in [6.07, 6.45) is 0.713. The Labute approximate surface area is 155 Å². The number of piperidine rings is 1. The molecule has 0 radical (unpaired) electrons. The number of alkyl carbamates (subject to hydrolysis) is 1. The molecule has 25 heavy (non-hydrogen) atoms. The normalized spacial score (nSPS) is 27.4. The molecule has 0 spiro atoms. The highest BCUT2D eigenvalue weighted by molar-refractivity contribution is 7.10. The summed E-state index contributed by atoms with van der Waals surface area (Å²) in [6, 6.07) is 9.68. The molecule has 1 saturated heterocycles. The lowest BCUT2D eigenvalue weighted by molar-refractivity contribution is 0.138. The van der Waals surface area contributed by atoms with Gasteiger partial charge in [0.25, 0.3) is 0 Å². The fraction of sp³-hybridized carbons (Fsp3) is 0.444. The van der Waals surface area contributed by atoms with E-state index in [0.717, 1.165) is 30.1 Å². The number of benzene rings is 1. The van der Waals surface area contributed by atoms with Gasteiger partial charge in [0.05, 0.1) is 0 Å². The fourth-order valence-corrected chi connectivity index (χ4v) is 5.29. The Morgan fingerprint density at radius 2 is 2.24 bits per heavy atom. The molecule has 7 heteroatoms. The van der Waals surface area contributed by atoms with Crippen molar-refractivity contribution in [3.05, 3.63) is 51.4 Å². The third-order valence-corrected chi connectivity index (χ3v) is 6.67. The Morgan fingerprint density at radius 3 is 2.92 bits per heavy atom. The summed E-state index contributed by atoms with van der Waals surface area (Å²) in [5.74, 6) is 1.04. The number of thiazole rings is 1. The molecule has 4 rings (SSSR count).